The summed E-state index contributed by atoms with van der Waals surface area (Å²) in [5.41, 5.74) is 1.84. The number of benzene rings is 3. The van der Waals surface area contributed by atoms with E-state index >= 15 is 0 Å². The molecule has 0 aliphatic carbocycles. The van der Waals surface area contributed by atoms with Gasteiger partial charge in [0, 0.05) is 44.0 Å². The molecule has 3 aromatic carbocycles. The van der Waals surface area contributed by atoms with Crippen molar-refractivity contribution in [3.05, 3.63) is 83.7 Å². The van der Waals surface area contributed by atoms with Crippen LogP contribution in [-0.4, -0.2) is 86.3 Å². The van der Waals surface area contributed by atoms with Crippen molar-refractivity contribution in [1.29, 1.82) is 0 Å². The topological polar surface area (TPSA) is 138 Å². The van der Waals surface area contributed by atoms with Crippen molar-refractivity contribution < 1.29 is 37.0 Å². The van der Waals surface area contributed by atoms with Gasteiger partial charge in [0.05, 0.1) is 35.3 Å². The second-order valence-corrected chi connectivity index (χ2v) is 14.7. The average Bonchev–Trinajstić information content (AvgIpc) is 3.07. The highest BCUT2D eigenvalue weighted by Gasteiger charge is 2.32. The molecule has 0 spiro atoms. The fourth-order valence-electron chi connectivity index (χ4n) is 5.53. The third-order valence-corrected chi connectivity index (χ3v) is 10.4. The fourth-order valence-corrected chi connectivity index (χ4v) is 6.71. The summed E-state index contributed by atoms with van der Waals surface area (Å²) in [4.78, 5) is 28.8. The zero-order valence-electron chi connectivity index (χ0n) is 28.7. The zero-order valence-corrected chi connectivity index (χ0v) is 29.5. The maximum Gasteiger partial charge on any atom is 0.323 e. The van der Waals surface area contributed by atoms with E-state index in [2.05, 4.69) is 10.6 Å². The Hall–Kier alpha value is -4.04. The van der Waals surface area contributed by atoms with Crippen molar-refractivity contribution in [2.75, 3.05) is 44.0 Å². The number of carbonyl (C=O) groups excluding carboxylic acids is 2. The maximum atomic E-state index is 14.3. The molecule has 1 aliphatic heterocycles. The van der Waals surface area contributed by atoms with E-state index in [1.807, 2.05) is 20.8 Å². The van der Waals surface area contributed by atoms with E-state index in [0.29, 0.717) is 30.2 Å². The lowest BCUT2D eigenvalue weighted by molar-refractivity contribution is -0.00833. The van der Waals surface area contributed by atoms with Gasteiger partial charge in [0.15, 0.2) is 0 Å². The van der Waals surface area contributed by atoms with Crippen LogP contribution in [0.5, 0.6) is 5.75 Å². The number of sulfonamides is 1. The number of nitrogens with zero attached hydrogens (tertiary/aromatic N) is 2. The normalized spacial score (nSPS) is 20.1. The molecule has 13 heteroatoms. The summed E-state index contributed by atoms with van der Waals surface area (Å²) in [5, 5.41) is 15.6. The molecule has 266 valence electrons. The SMILES string of the molecule is Cc1ccc(S(=O)(=O)N(C)C[C@H]2OCCCC[C@@H](C)Oc3ccc(NC(=O)Nc4ccc(F)cc4)cc3C(=O)N([C@H](C)CO)C[C@@H]2C)cc1. The number of carbonyl (C=O) groups is 2. The number of urea groups is 1. The van der Waals surface area contributed by atoms with Gasteiger partial charge in [-0.25, -0.2) is 17.6 Å². The van der Waals surface area contributed by atoms with Crippen molar-refractivity contribution in [2.45, 2.75) is 70.1 Å². The van der Waals surface area contributed by atoms with Crippen LogP contribution in [-0.2, 0) is 14.8 Å². The van der Waals surface area contributed by atoms with Gasteiger partial charge < -0.3 is 30.1 Å². The number of aryl methyl sites for hydroxylation is 1. The molecule has 1 heterocycles. The molecule has 0 radical (unpaired) electrons. The molecule has 4 atom stereocenters. The summed E-state index contributed by atoms with van der Waals surface area (Å²) < 4.78 is 54.1. The maximum absolute atomic E-state index is 14.3. The minimum absolute atomic E-state index is 0.0558. The molecule has 0 bridgehead atoms. The minimum Gasteiger partial charge on any atom is -0.490 e. The molecule has 0 saturated heterocycles. The number of anilines is 2. The van der Waals surface area contributed by atoms with Crippen LogP contribution < -0.4 is 15.4 Å². The van der Waals surface area contributed by atoms with E-state index in [1.165, 1.54) is 46.6 Å². The predicted molar refractivity (Wildman–Crippen MR) is 187 cm³/mol. The molecule has 49 heavy (non-hydrogen) atoms. The first-order valence-electron chi connectivity index (χ1n) is 16.5. The lowest BCUT2D eigenvalue weighted by Gasteiger charge is -2.35. The number of nitrogens with one attached hydrogen (secondary N) is 2. The molecule has 3 aromatic rings. The van der Waals surface area contributed by atoms with Crippen LogP contribution in [0.25, 0.3) is 0 Å². The van der Waals surface area contributed by atoms with Crippen LogP contribution in [0.15, 0.2) is 71.6 Å². The van der Waals surface area contributed by atoms with Gasteiger partial charge >= 0.3 is 6.03 Å². The highest BCUT2D eigenvalue weighted by molar-refractivity contribution is 7.89. The standard InChI is InChI=1S/C36H47FN4O7S/c1-24-9-16-31(17-10-24)49(45,46)40(5)22-34-25(2)21-41(26(3)23-42)35(43)32-20-30(39-36(44)38-29-13-11-28(37)12-14-29)15-18-33(32)48-27(4)8-6-7-19-47-34/h9-18,20,25-27,34,42H,6-8,19,21-23H2,1-5H3,(H2,38,39,44)/t25-,26+,27+,34+/m0/s1. The third-order valence-electron chi connectivity index (χ3n) is 8.58. The summed E-state index contributed by atoms with van der Waals surface area (Å²) in [5.74, 6) is -0.881. The van der Waals surface area contributed by atoms with Gasteiger partial charge in [0.2, 0.25) is 10.0 Å². The van der Waals surface area contributed by atoms with Crippen LogP contribution in [0.2, 0.25) is 0 Å². The molecule has 1 aliphatic rings. The fraction of sp³-hybridized carbons (Fsp3) is 0.444. The first-order chi connectivity index (χ1) is 23.3. The Morgan fingerprint density at radius 1 is 1.04 bits per heavy atom. The van der Waals surface area contributed by atoms with Crippen molar-refractivity contribution in [1.82, 2.24) is 9.21 Å². The number of rotatable bonds is 8. The van der Waals surface area contributed by atoms with Crippen molar-refractivity contribution in [3.8, 4) is 5.75 Å². The number of hydrogen-bond acceptors (Lipinski definition) is 7. The van der Waals surface area contributed by atoms with Gasteiger partial charge in [-0.3, -0.25) is 4.79 Å². The van der Waals surface area contributed by atoms with Crippen LogP contribution >= 0.6 is 0 Å². The van der Waals surface area contributed by atoms with Gasteiger partial charge in [-0.15, -0.1) is 0 Å². The summed E-state index contributed by atoms with van der Waals surface area (Å²) in [6, 6.07) is 15.6. The molecular weight excluding hydrogens is 651 g/mol. The van der Waals surface area contributed by atoms with Gasteiger partial charge in [-0.1, -0.05) is 24.6 Å². The van der Waals surface area contributed by atoms with E-state index in [0.717, 1.165) is 18.4 Å². The predicted octanol–water partition coefficient (Wildman–Crippen LogP) is 5.89. The third kappa shape index (κ3) is 10.2. The first kappa shape index (κ1) is 37.8. The van der Waals surface area contributed by atoms with Crippen molar-refractivity contribution >= 4 is 33.3 Å². The Labute approximate surface area is 288 Å². The summed E-state index contributed by atoms with van der Waals surface area (Å²) in [6.45, 7) is 7.68. The summed E-state index contributed by atoms with van der Waals surface area (Å²) in [6.07, 6.45) is 1.36. The van der Waals surface area contributed by atoms with E-state index in [1.54, 1.807) is 43.3 Å². The Bertz CT molecular complexity index is 1670. The lowest BCUT2D eigenvalue weighted by atomic mass is 10.0. The molecule has 4 rings (SSSR count). The number of hydrogen-bond donors (Lipinski definition) is 3. The van der Waals surface area contributed by atoms with Crippen LogP contribution in [0.3, 0.4) is 0 Å². The Morgan fingerprint density at radius 2 is 1.69 bits per heavy atom. The first-order valence-corrected chi connectivity index (χ1v) is 17.9. The highest BCUT2D eigenvalue weighted by Crippen LogP contribution is 2.29. The summed E-state index contributed by atoms with van der Waals surface area (Å²) >= 11 is 0. The van der Waals surface area contributed by atoms with Gasteiger partial charge in [-0.2, -0.15) is 4.31 Å². The number of likely N-dealkylation sites (N-methyl/N-ethyl adjacent to an activating group) is 1. The van der Waals surface area contributed by atoms with Gasteiger partial charge in [-0.05, 0) is 94.6 Å². The van der Waals surface area contributed by atoms with Crippen LogP contribution in [0.4, 0.5) is 20.6 Å². The van der Waals surface area contributed by atoms with E-state index in [4.69, 9.17) is 9.47 Å². The minimum atomic E-state index is -3.81. The van der Waals surface area contributed by atoms with Crippen LogP contribution in [0.1, 0.15) is 56.0 Å². The molecule has 0 fully saturated rings. The lowest BCUT2D eigenvalue weighted by Crippen LogP contribution is -2.48. The Balaban J connectivity index is 1.62. The number of aliphatic hydroxyl groups excluding tert-OH is 1. The second-order valence-electron chi connectivity index (χ2n) is 12.7. The largest absolute Gasteiger partial charge is 0.490 e. The number of aliphatic hydroxyl groups is 1. The number of amides is 3. The van der Waals surface area contributed by atoms with Crippen molar-refractivity contribution in [2.24, 2.45) is 5.92 Å². The smallest absolute Gasteiger partial charge is 0.323 e. The summed E-state index contributed by atoms with van der Waals surface area (Å²) in [7, 11) is -2.29. The quantitative estimate of drug-likeness (QED) is 0.267. The Morgan fingerprint density at radius 3 is 2.37 bits per heavy atom. The highest BCUT2D eigenvalue weighted by atomic mass is 32.2. The van der Waals surface area contributed by atoms with Crippen LogP contribution in [0, 0.1) is 18.7 Å². The molecule has 11 nitrogen and oxygen atoms in total. The molecule has 0 unspecified atom stereocenters. The van der Waals surface area contributed by atoms with Crippen molar-refractivity contribution in [3.63, 3.8) is 0 Å². The molecule has 0 aromatic heterocycles. The number of halogens is 1. The number of fused-ring (bicyclic) bond motifs is 1. The molecule has 0 saturated carbocycles. The van der Waals surface area contributed by atoms with E-state index in [9.17, 15) is 27.5 Å². The van der Waals surface area contributed by atoms with Gasteiger partial charge in [0.25, 0.3) is 5.91 Å². The molecule has 3 amide bonds. The number of ether oxygens (including phenoxy) is 2. The van der Waals surface area contributed by atoms with E-state index < -0.39 is 39.9 Å². The molecular formula is C36H47FN4O7S. The monoisotopic (exact) mass is 698 g/mol. The zero-order chi connectivity index (χ0) is 35.7. The van der Waals surface area contributed by atoms with Gasteiger partial charge in [0.1, 0.15) is 11.6 Å². The molecule has 3 N–H and O–H groups in total. The second kappa shape index (κ2) is 17.1. The Kier molecular flexibility index (Phi) is 13.2. The van der Waals surface area contributed by atoms with E-state index in [-0.39, 0.29) is 42.2 Å². The average molecular weight is 699 g/mol.